The number of ether oxygens (including phenoxy) is 1. The lowest BCUT2D eigenvalue weighted by Crippen LogP contribution is -1.98. The van der Waals surface area contributed by atoms with Gasteiger partial charge in [-0.1, -0.05) is 37.0 Å². The first-order valence-electron chi connectivity index (χ1n) is 6.36. The van der Waals surface area contributed by atoms with Gasteiger partial charge in [0.1, 0.15) is 0 Å². The van der Waals surface area contributed by atoms with Gasteiger partial charge in [-0.3, -0.25) is 0 Å². The maximum atomic E-state index is 11.1. The lowest BCUT2D eigenvalue weighted by Gasteiger charge is -2.10. The molecular formula is C14H22O2. The van der Waals surface area contributed by atoms with E-state index in [1.54, 1.807) is 0 Å². The van der Waals surface area contributed by atoms with Crippen LogP contribution in [0, 0.1) is 0 Å². The van der Waals surface area contributed by atoms with E-state index in [4.69, 9.17) is 4.74 Å². The molecule has 1 rings (SSSR count). The van der Waals surface area contributed by atoms with Gasteiger partial charge in [0.05, 0.1) is 6.61 Å². The second-order valence-electron chi connectivity index (χ2n) is 4.20. The average molecular weight is 222 g/mol. The number of carbonyl (C=O) groups is 1. The number of esters is 1. The smallest absolute Gasteiger partial charge is 0.330 e. The Morgan fingerprint density at radius 2 is 1.81 bits per heavy atom. The van der Waals surface area contributed by atoms with Gasteiger partial charge in [-0.25, -0.2) is 4.79 Å². The molecule has 0 amide bonds. The summed E-state index contributed by atoms with van der Waals surface area (Å²) in [6.07, 6.45) is 14.5. The van der Waals surface area contributed by atoms with E-state index in [2.05, 4.69) is 6.08 Å². The molecule has 90 valence electrons. The Morgan fingerprint density at radius 1 is 1.19 bits per heavy atom. The van der Waals surface area contributed by atoms with Crippen molar-refractivity contribution in [3.63, 3.8) is 0 Å². The van der Waals surface area contributed by atoms with Crippen molar-refractivity contribution in [3.05, 3.63) is 23.8 Å². The highest BCUT2D eigenvalue weighted by atomic mass is 16.5. The Balaban J connectivity index is 2.38. The van der Waals surface area contributed by atoms with Crippen LogP contribution in [-0.2, 0) is 9.53 Å². The molecular weight excluding hydrogens is 200 g/mol. The van der Waals surface area contributed by atoms with Crippen LogP contribution in [0.1, 0.15) is 51.9 Å². The summed E-state index contributed by atoms with van der Waals surface area (Å²) in [4.78, 5) is 11.1. The molecule has 1 aliphatic rings. The summed E-state index contributed by atoms with van der Waals surface area (Å²) in [6.45, 7) is 2.26. The van der Waals surface area contributed by atoms with Gasteiger partial charge >= 0.3 is 5.97 Å². The summed E-state index contributed by atoms with van der Waals surface area (Å²) in [7, 11) is 0. The van der Waals surface area contributed by atoms with E-state index in [1.165, 1.54) is 56.6 Å². The molecule has 1 aliphatic carbocycles. The lowest BCUT2D eigenvalue weighted by molar-refractivity contribution is -0.137. The third kappa shape index (κ3) is 5.74. The maximum Gasteiger partial charge on any atom is 0.330 e. The molecule has 0 spiro atoms. The van der Waals surface area contributed by atoms with E-state index >= 15 is 0 Å². The maximum absolute atomic E-state index is 11.1. The molecule has 0 heterocycles. The first-order chi connectivity index (χ1) is 7.83. The second-order valence-corrected chi connectivity index (χ2v) is 4.20. The van der Waals surface area contributed by atoms with Gasteiger partial charge in [-0.2, -0.15) is 0 Å². The van der Waals surface area contributed by atoms with Crippen LogP contribution in [-0.4, -0.2) is 12.6 Å². The predicted molar refractivity (Wildman–Crippen MR) is 66.2 cm³/mol. The summed E-state index contributed by atoms with van der Waals surface area (Å²) in [5.74, 6) is -0.245. The molecule has 1 saturated carbocycles. The monoisotopic (exact) mass is 222 g/mol. The third-order valence-electron chi connectivity index (χ3n) is 2.85. The van der Waals surface area contributed by atoms with Gasteiger partial charge in [0, 0.05) is 6.08 Å². The number of rotatable bonds is 3. The van der Waals surface area contributed by atoms with Crippen LogP contribution in [0.15, 0.2) is 23.8 Å². The van der Waals surface area contributed by atoms with Crippen molar-refractivity contribution in [2.24, 2.45) is 0 Å². The molecule has 0 saturated heterocycles. The van der Waals surface area contributed by atoms with E-state index in [0.717, 1.165) is 0 Å². The minimum absolute atomic E-state index is 0.245. The molecule has 2 heteroatoms. The van der Waals surface area contributed by atoms with Crippen molar-refractivity contribution in [1.29, 1.82) is 0 Å². The Morgan fingerprint density at radius 3 is 2.44 bits per heavy atom. The van der Waals surface area contributed by atoms with Crippen molar-refractivity contribution < 1.29 is 9.53 Å². The van der Waals surface area contributed by atoms with Crippen molar-refractivity contribution in [3.8, 4) is 0 Å². The zero-order valence-electron chi connectivity index (χ0n) is 10.2. The number of carbonyl (C=O) groups excluding carboxylic acids is 1. The van der Waals surface area contributed by atoms with Crippen molar-refractivity contribution in [2.45, 2.75) is 51.9 Å². The summed E-state index contributed by atoms with van der Waals surface area (Å²) in [5.41, 5.74) is 1.47. The molecule has 0 N–H and O–H groups in total. The van der Waals surface area contributed by atoms with Crippen LogP contribution < -0.4 is 0 Å². The summed E-state index contributed by atoms with van der Waals surface area (Å²) < 4.78 is 4.82. The van der Waals surface area contributed by atoms with Gasteiger partial charge in [0.25, 0.3) is 0 Å². The highest BCUT2D eigenvalue weighted by Crippen LogP contribution is 2.21. The molecule has 0 bridgehead atoms. The lowest BCUT2D eigenvalue weighted by atomic mass is 9.96. The minimum atomic E-state index is -0.245. The van der Waals surface area contributed by atoms with Crippen molar-refractivity contribution >= 4 is 5.97 Å². The minimum Gasteiger partial charge on any atom is -0.463 e. The van der Waals surface area contributed by atoms with Crippen LogP contribution in [0.25, 0.3) is 0 Å². The van der Waals surface area contributed by atoms with Gasteiger partial charge < -0.3 is 4.74 Å². The Bertz CT molecular complexity index is 254. The fourth-order valence-corrected chi connectivity index (χ4v) is 1.98. The average Bonchev–Trinajstić information content (AvgIpc) is 2.21. The van der Waals surface area contributed by atoms with Crippen molar-refractivity contribution in [1.82, 2.24) is 0 Å². The standard InChI is InChI=1S/C14H22O2/c1-2-16-14(15)12-8-11-13-9-6-4-3-5-7-10-13/h8,11-12H,2-7,9-10H2,1H3/b12-8+. The summed E-state index contributed by atoms with van der Waals surface area (Å²) >= 11 is 0. The molecule has 0 aromatic rings. The molecule has 0 aromatic heterocycles. The molecule has 0 aliphatic heterocycles. The normalized spacial score (nSPS) is 17.9. The molecule has 16 heavy (non-hydrogen) atoms. The highest BCUT2D eigenvalue weighted by molar-refractivity contribution is 5.82. The van der Waals surface area contributed by atoms with Crippen molar-refractivity contribution in [2.75, 3.05) is 6.61 Å². The Labute approximate surface area is 98.4 Å². The van der Waals surface area contributed by atoms with Crippen LogP contribution in [0.5, 0.6) is 0 Å². The zero-order chi connectivity index (χ0) is 11.6. The van der Waals surface area contributed by atoms with Crippen LogP contribution in [0.4, 0.5) is 0 Å². The van der Waals surface area contributed by atoms with Crippen LogP contribution in [0.2, 0.25) is 0 Å². The number of allylic oxidation sites excluding steroid dienone is 3. The first kappa shape index (κ1) is 13.0. The third-order valence-corrected chi connectivity index (χ3v) is 2.85. The summed E-state index contributed by atoms with van der Waals surface area (Å²) in [5, 5.41) is 0. The van der Waals surface area contributed by atoms with Crippen LogP contribution in [0.3, 0.4) is 0 Å². The molecule has 1 fully saturated rings. The quantitative estimate of drug-likeness (QED) is 0.536. The first-order valence-corrected chi connectivity index (χ1v) is 6.36. The van der Waals surface area contributed by atoms with E-state index in [1.807, 2.05) is 13.0 Å². The van der Waals surface area contributed by atoms with Crippen LogP contribution >= 0.6 is 0 Å². The van der Waals surface area contributed by atoms with E-state index in [9.17, 15) is 4.79 Å². The second kappa shape index (κ2) is 8.14. The largest absolute Gasteiger partial charge is 0.463 e. The Hall–Kier alpha value is -1.05. The molecule has 0 aromatic carbocycles. The topological polar surface area (TPSA) is 26.3 Å². The number of hydrogen-bond donors (Lipinski definition) is 0. The van der Waals surface area contributed by atoms with Gasteiger partial charge in [-0.15, -0.1) is 0 Å². The molecule has 0 atom stereocenters. The zero-order valence-corrected chi connectivity index (χ0v) is 10.2. The molecule has 0 radical (unpaired) electrons. The highest BCUT2D eigenvalue weighted by Gasteiger charge is 2.02. The van der Waals surface area contributed by atoms with E-state index in [0.29, 0.717) is 6.61 Å². The predicted octanol–water partition coefficient (Wildman–Crippen LogP) is 3.78. The number of hydrogen-bond acceptors (Lipinski definition) is 2. The summed E-state index contributed by atoms with van der Waals surface area (Å²) in [6, 6.07) is 0. The van der Waals surface area contributed by atoms with Gasteiger partial charge in [0.15, 0.2) is 0 Å². The van der Waals surface area contributed by atoms with E-state index < -0.39 is 0 Å². The van der Waals surface area contributed by atoms with E-state index in [-0.39, 0.29) is 5.97 Å². The molecule has 2 nitrogen and oxygen atoms in total. The Kier molecular flexibility index (Phi) is 6.62. The molecule has 0 unspecified atom stereocenters. The SMILES string of the molecule is CCOC(=O)/C=C/C=C1CCCCCCC1. The van der Waals surface area contributed by atoms with Gasteiger partial charge in [0.2, 0.25) is 0 Å². The van der Waals surface area contributed by atoms with Gasteiger partial charge in [-0.05, 0) is 32.6 Å². The fourth-order valence-electron chi connectivity index (χ4n) is 1.98. The fraction of sp³-hybridized carbons (Fsp3) is 0.643.